The lowest BCUT2D eigenvalue weighted by atomic mass is 10.1. The zero-order valence-corrected chi connectivity index (χ0v) is 16.8. The van der Waals surface area contributed by atoms with Gasteiger partial charge >= 0.3 is 6.01 Å². The average molecular weight is 381 g/mol. The summed E-state index contributed by atoms with van der Waals surface area (Å²) >= 11 is 0. The molecule has 28 heavy (non-hydrogen) atoms. The molecule has 0 unspecified atom stereocenters. The van der Waals surface area contributed by atoms with Crippen molar-refractivity contribution < 1.29 is 4.74 Å². The number of nitrogens with one attached hydrogen (secondary N) is 2. The molecule has 8 nitrogen and oxygen atoms in total. The van der Waals surface area contributed by atoms with E-state index in [4.69, 9.17) is 4.74 Å². The van der Waals surface area contributed by atoms with Crippen LogP contribution in [0.3, 0.4) is 0 Å². The lowest BCUT2D eigenvalue weighted by Crippen LogP contribution is -2.54. The van der Waals surface area contributed by atoms with E-state index in [2.05, 4.69) is 56.6 Å². The van der Waals surface area contributed by atoms with Crippen molar-refractivity contribution in [3.05, 3.63) is 36.3 Å². The van der Waals surface area contributed by atoms with E-state index < -0.39 is 0 Å². The zero-order chi connectivity index (χ0) is 19.7. The molecular formula is C20H27N7O. The summed E-state index contributed by atoms with van der Waals surface area (Å²) in [5.41, 5.74) is 4.16. The second-order valence-electron chi connectivity index (χ2n) is 7.49. The van der Waals surface area contributed by atoms with Gasteiger partial charge in [0, 0.05) is 62.2 Å². The lowest BCUT2D eigenvalue weighted by molar-refractivity contribution is 0.381. The molecule has 1 fully saturated rings. The highest BCUT2D eigenvalue weighted by Crippen LogP contribution is 2.30. The molecule has 2 aromatic heterocycles. The van der Waals surface area contributed by atoms with Crippen molar-refractivity contribution in [2.75, 3.05) is 30.4 Å². The number of fused-ring (bicyclic) bond motifs is 1. The Morgan fingerprint density at radius 1 is 1.21 bits per heavy atom. The molecule has 1 aliphatic rings. The van der Waals surface area contributed by atoms with Crippen LogP contribution in [0.15, 0.2) is 30.7 Å². The van der Waals surface area contributed by atoms with Gasteiger partial charge in [-0.2, -0.15) is 10.1 Å². The fourth-order valence-electron chi connectivity index (χ4n) is 3.90. The fraction of sp³-hybridized carbons (Fsp3) is 0.450. The lowest BCUT2D eigenvalue weighted by Gasteiger charge is -2.38. The molecule has 148 valence electrons. The van der Waals surface area contributed by atoms with Crippen molar-refractivity contribution in [3.8, 4) is 6.01 Å². The van der Waals surface area contributed by atoms with Crippen LogP contribution in [0, 0.1) is 0 Å². The number of nitrogens with zero attached hydrogens (tertiary/aromatic N) is 5. The minimum atomic E-state index is 0.384. The van der Waals surface area contributed by atoms with Crippen LogP contribution in [0.1, 0.15) is 19.4 Å². The minimum Gasteiger partial charge on any atom is -0.467 e. The number of aryl methyl sites for hydroxylation is 1. The van der Waals surface area contributed by atoms with Crippen molar-refractivity contribution in [2.24, 2.45) is 7.05 Å². The van der Waals surface area contributed by atoms with Gasteiger partial charge in [-0.1, -0.05) is 6.07 Å². The molecule has 0 amide bonds. The largest absolute Gasteiger partial charge is 0.467 e. The topological polar surface area (TPSA) is 80.1 Å². The summed E-state index contributed by atoms with van der Waals surface area (Å²) < 4.78 is 7.06. The normalized spacial score (nSPS) is 19.8. The molecule has 1 aromatic carbocycles. The van der Waals surface area contributed by atoms with Crippen LogP contribution in [-0.2, 0) is 13.6 Å². The van der Waals surface area contributed by atoms with Gasteiger partial charge < -0.3 is 20.3 Å². The predicted octanol–water partition coefficient (Wildman–Crippen LogP) is 2.17. The average Bonchev–Trinajstić information content (AvgIpc) is 3.10. The molecule has 0 bridgehead atoms. The van der Waals surface area contributed by atoms with E-state index in [9.17, 15) is 0 Å². The van der Waals surface area contributed by atoms with Gasteiger partial charge in [0.15, 0.2) is 0 Å². The number of benzene rings is 1. The minimum absolute atomic E-state index is 0.384. The van der Waals surface area contributed by atoms with Crippen LogP contribution in [0.4, 0.5) is 11.4 Å². The Kier molecular flexibility index (Phi) is 5.04. The van der Waals surface area contributed by atoms with Crippen molar-refractivity contribution in [3.63, 3.8) is 0 Å². The Morgan fingerprint density at radius 2 is 2.00 bits per heavy atom. The van der Waals surface area contributed by atoms with E-state index >= 15 is 0 Å². The Labute approximate surface area is 164 Å². The summed E-state index contributed by atoms with van der Waals surface area (Å²) in [4.78, 5) is 11.5. The second kappa shape index (κ2) is 7.63. The summed E-state index contributed by atoms with van der Waals surface area (Å²) in [5.74, 6) is 0. The van der Waals surface area contributed by atoms with E-state index in [1.54, 1.807) is 11.8 Å². The zero-order valence-electron chi connectivity index (χ0n) is 16.8. The van der Waals surface area contributed by atoms with Gasteiger partial charge in [-0.15, -0.1) is 0 Å². The van der Waals surface area contributed by atoms with E-state index in [-0.39, 0.29) is 0 Å². The third kappa shape index (κ3) is 3.73. The van der Waals surface area contributed by atoms with Crippen LogP contribution < -0.4 is 20.3 Å². The Hall–Kier alpha value is -2.87. The highest BCUT2D eigenvalue weighted by Gasteiger charge is 2.23. The molecule has 0 saturated carbocycles. The number of methoxy groups -OCH3 is 1. The Morgan fingerprint density at radius 3 is 2.68 bits per heavy atom. The number of rotatable bonds is 5. The number of anilines is 2. The third-order valence-corrected chi connectivity index (χ3v) is 5.06. The van der Waals surface area contributed by atoms with Crippen molar-refractivity contribution in [1.82, 2.24) is 25.1 Å². The first-order valence-corrected chi connectivity index (χ1v) is 9.59. The van der Waals surface area contributed by atoms with E-state index in [0.717, 1.165) is 35.2 Å². The van der Waals surface area contributed by atoms with Crippen molar-refractivity contribution in [1.29, 1.82) is 0 Å². The maximum absolute atomic E-state index is 5.28. The molecule has 3 heterocycles. The third-order valence-electron chi connectivity index (χ3n) is 5.06. The van der Waals surface area contributed by atoms with Gasteiger partial charge in [0.2, 0.25) is 0 Å². The molecule has 1 saturated heterocycles. The molecule has 4 rings (SSSR count). The summed E-state index contributed by atoms with van der Waals surface area (Å²) in [5, 5.41) is 12.3. The van der Waals surface area contributed by atoms with Gasteiger partial charge in [-0.05, 0) is 25.5 Å². The molecule has 1 aliphatic heterocycles. The maximum Gasteiger partial charge on any atom is 0.316 e. The Bertz CT molecular complexity index is 960. The number of aromatic nitrogens is 4. The van der Waals surface area contributed by atoms with Crippen LogP contribution in [0.5, 0.6) is 6.01 Å². The fourth-order valence-corrected chi connectivity index (χ4v) is 3.90. The first-order chi connectivity index (χ1) is 13.5. The quantitative estimate of drug-likeness (QED) is 0.701. The van der Waals surface area contributed by atoms with Crippen LogP contribution in [0.2, 0.25) is 0 Å². The highest BCUT2D eigenvalue weighted by atomic mass is 16.5. The van der Waals surface area contributed by atoms with Gasteiger partial charge in [0.1, 0.15) is 0 Å². The van der Waals surface area contributed by atoms with Crippen molar-refractivity contribution >= 4 is 22.3 Å². The monoisotopic (exact) mass is 381 g/mol. The van der Waals surface area contributed by atoms with Gasteiger partial charge in [0.05, 0.1) is 24.5 Å². The van der Waals surface area contributed by atoms with Gasteiger partial charge in [0.25, 0.3) is 0 Å². The van der Waals surface area contributed by atoms with E-state index in [1.165, 1.54) is 5.69 Å². The number of hydrogen-bond donors (Lipinski definition) is 2. The van der Waals surface area contributed by atoms with E-state index in [0.29, 0.717) is 24.6 Å². The SMILES string of the molecule is COc1ncc2c(N3C[C@@H](C)N[C@@H](C)C3)ccc(CNc3cnn(C)c3)c2n1. The molecule has 2 N–H and O–H groups in total. The molecule has 0 spiro atoms. The van der Waals surface area contributed by atoms with Gasteiger partial charge in [-0.25, -0.2) is 4.98 Å². The summed E-state index contributed by atoms with van der Waals surface area (Å²) in [6, 6.07) is 5.58. The number of hydrogen-bond acceptors (Lipinski definition) is 7. The smallest absolute Gasteiger partial charge is 0.316 e. The van der Waals surface area contributed by atoms with Crippen LogP contribution >= 0.6 is 0 Å². The highest BCUT2D eigenvalue weighted by molar-refractivity contribution is 5.93. The predicted molar refractivity (Wildman–Crippen MR) is 111 cm³/mol. The number of ether oxygens (including phenoxy) is 1. The Balaban J connectivity index is 1.70. The molecule has 0 aliphatic carbocycles. The molecular weight excluding hydrogens is 354 g/mol. The summed E-state index contributed by atoms with van der Waals surface area (Å²) in [6.45, 7) is 7.00. The van der Waals surface area contributed by atoms with Crippen molar-refractivity contribution in [2.45, 2.75) is 32.5 Å². The molecule has 8 heteroatoms. The summed E-state index contributed by atoms with van der Waals surface area (Å²) in [7, 11) is 3.50. The first kappa shape index (κ1) is 18.5. The summed E-state index contributed by atoms with van der Waals surface area (Å²) in [6.07, 6.45) is 5.65. The molecule has 0 radical (unpaired) electrons. The maximum atomic E-state index is 5.28. The van der Waals surface area contributed by atoms with E-state index in [1.807, 2.05) is 25.6 Å². The van der Waals surface area contributed by atoms with Crippen LogP contribution in [-0.4, -0.2) is 52.0 Å². The van der Waals surface area contributed by atoms with Crippen LogP contribution in [0.25, 0.3) is 10.9 Å². The number of piperazine rings is 1. The molecule has 3 aromatic rings. The van der Waals surface area contributed by atoms with Gasteiger partial charge in [-0.3, -0.25) is 4.68 Å². The second-order valence-corrected chi connectivity index (χ2v) is 7.49. The molecule has 2 atom stereocenters. The first-order valence-electron chi connectivity index (χ1n) is 9.59. The standard InChI is InChI=1S/C20H27N7O/c1-13-10-27(11-14(2)24-13)18-6-5-15(7-21-16-8-23-26(3)12-16)19-17(18)9-22-20(25-19)28-4/h5-6,8-9,12-14,21,24H,7,10-11H2,1-4H3/t13-,14+.